The highest BCUT2D eigenvalue weighted by Gasteiger charge is 2.14. The van der Waals surface area contributed by atoms with Gasteiger partial charge in [-0.15, -0.1) is 0 Å². The minimum absolute atomic E-state index is 0.0715. The van der Waals surface area contributed by atoms with Crippen molar-refractivity contribution in [1.29, 1.82) is 0 Å². The van der Waals surface area contributed by atoms with Crippen LogP contribution in [-0.2, 0) is 0 Å². The number of benzene rings is 1. The Labute approximate surface area is 112 Å². The third kappa shape index (κ3) is 3.93. The van der Waals surface area contributed by atoms with Gasteiger partial charge in [0.15, 0.2) is 5.78 Å². The number of carbonyl (C=O) groups excluding carboxylic acids is 1. The molecule has 0 atom stereocenters. The Balaban J connectivity index is 2.88. The van der Waals surface area contributed by atoms with Crippen LogP contribution in [0.3, 0.4) is 0 Å². The van der Waals surface area contributed by atoms with Gasteiger partial charge in [0.05, 0.1) is 18.4 Å². The number of ketones is 1. The number of aryl methyl sites for hydroxylation is 1. The molecule has 0 saturated carbocycles. The van der Waals surface area contributed by atoms with Crippen LogP contribution in [0.2, 0.25) is 5.02 Å². The third-order valence-corrected chi connectivity index (χ3v) is 3.93. The summed E-state index contributed by atoms with van der Waals surface area (Å²) in [7, 11) is 1.57. The smallest absolute Gasteiger partial charge is 0.176 e. The SMILES string of the molecule is CCCSCC(=O)c1cc(Cl)c(C)cc1OC. The average molecular weight is 273 g/mol. The molecule has 0 fully saturated rings. The molecule has 2 nitrogen and oxygen atoms in total. The first-order valence-electron chi connectivity index (χ1n) is 5.55. The van der Waals surface area contributed by atoms with Crippen LogP contribution in [0, 0.1) is 6.92 Å². The van der Waals surface area contributed by atoms with Gasteiger partial charge in [0, 0.05) is 5.02 Å². The van der Waals surface area contributed by atoms with Crippen molar-refractivity contribution in [3.8, 4) is 5.75 Å². The van der Waals surface area contributed by atoms with E-state index in [-0.39, 0.29) is 5.78 Å². The topological polar surface area (TPSA) is 26.3 Å². The highest BCUT2D eigenvalue weighted by molar-refractivity contribution is 7.99. The van der Waals surface area contributed by atoms with Crippen LogP contribution in [0.15, 0.2) is 12.1 Å². The third-order valence-electron chi connectivity index (χ3n) is 2.36. The molecule has 0 aliphatic heterocycles. The number of carbonyl (C=O) groups is 1. The molecule has 0 bridgehead atoms. The van der Waals surface area contributed by atoms with Crippen LogP contribution in [0.1, 0.15) is 29.3 Å². The van der Waals surface area contributed by atoms with E-state index < -0.39 is 0 Å². The molecule has 4 heteroatoms. The van der Waals surface area contributed by atoms with Crippen molar-refractivity contribution in [3.63, 3.8) is 0 Å². The fourth-order valence-electron chi connectivity index (χ4n) is 1.43. The molecule has 0 radical (unpaired) electrons. The molecule has 0 N–H and O–H groups in total. The van der Waals surface area contributed by atoms with E-state index in [1.807, 2.05) is 6.92 Å². The summed E-state index contributed by atoms with van der Waals surface area (Å²) in [6, 6.07) is 3.50. The normalized spacial score (nSPS) is 10.4. The monoisotopic (exact) mass is 272 g/mol. The average Bonchev–Trinajstić information content (AvgIpc) is 2.32. The summed E-state index contributed by atoms with van der Waals surface area (Å²) in [5.74, 6) is 2.15. The van der Waals surface area contributed by atoms with E-state index in [0.717, 1.165) is 17.7 Å². The predicted molar refractivity (Wildman–Crippen MR) is 74.7 cm³/mol. The maximum Gasteiger partial charge on any atom is 0.176 e. The molecule has 0 aliphatic rings. The molecule has 94 valence electrons. The van der Waals surface area contributed by atoms with Crippen molar-refractivity contribution in [1.82, 2.24) is 0 Å². The van der Waals surface area contributed by atoms with Crippen LogP contribution >= 0.6 is 23.4 Å². The Hall–Kier alpha value is -0.670. The van der Waals surface area contributed by atoms with Crippen molar-refractivity contribution in [3.05, 3.63) is 28.3 Å². The second-order valence-electron chi connectivity index (χ2n) is 3.78. The van der Waals surface area contributed by atoms with Gasteiger partial charge < -0.3 is 4.74 Å². The highest BCUT2D eigenvalue weighted by Crippen LogP contribution is 2.27. The van der Waals surface area contributed by atoms with Crippen LogP contribution in [0.4, 0.5) is 0 Å². The van der Waals surface area contributed by atoms with E-state index >= 15 is 0 Å². The van der Waals surface area contributed by atoms with Gasteiger partial charge in [0.1, 0.15) is 5.75 Å². The summed E-state index contributed by atoms with van der Waals surface area (Å²) in [4.78, 5) is 12.0. The van der Waals surface area contributed by atoms with Crippen molar-refractivity contribution in [2.75, 3.05) is 18.6 Å². The molecule has 0 heterocycles. The molecule has 0 amide bonds. The van der Waals surface area contributed by atoms with E-state index in [1.54, 1.807) is 31.0 Å². The number of halogens is 1. The molecule has 0 aromatic heterocycles. The van der Waals surface area contributed by atoms with Crippen molar-refractivity contribution in [2.45, 2.75) is 20.3 Å². The first-order valence-corrected chi connectivity index (χ1v) is 7.08. The summed E-state index contributed by atoms with van der Waals surface area (Å²) < 4.78 is 5.22. The lowest BCUT2D eigenvalue weighted by atomic mass is 10.1. The van der Waals surface area contributed by atoms with Gasteiger partial charge in [0.25, 0.3) is 0 Å². The number of Topliss-reactive ketones (excluding diaryl/α,β-unsaturated/α-hetero) is 1. The minimum atomic E-state index is 0.0715. The van der Waals surface area contributed by atoms with Crippen molar-refractivity contribution >= 4 is 29.1 Å². The lowest BCUT2D eigenvalue weighted by Gasteiger charge is -2.09. The highest BCUT2D eigenvalue weighted by atomic mass is 35.5. The molecule has 1 rings (SSSR count). The van der Waals surface area contributed by atoms with Gasteiger partial charge in [-0.05, 0) is 36.8 Å². The number of hydrogen-bond donors (Lipinski definition) is 0. The summed E-state index contributed by atoms with van der Waals surface area (Å²) in [5, 5.41) is 0.606. The molecule has 0 saturated heterocycles. The van der Waals surface area contributed by atoms with Gasteiger partial charge in [-0.3, -0.25) is 4.79 Å². The predicted octanol–water partition coefficient (Wildman–Crippen LogP) is 3.98. The second-order valence-corrected chi connectivity index (χ2v) is 5.29. The first-order chi connectivity index (χ1) is 8.10. The lowest BCUT2D eigenvalue weighted by Crippen LogP contribution is -2.06. The second kappa shape index (κ2) is 6.92. The quantitative estimate of drug-likeness (QED) is 0.579. The summed E-state index contributed by atoms with van der Waals surface area (Å²) in [5.41, 5.74) is 1.49. The molecular formula is C13H17ClO2S. The number of rotatable bonds is 6. The molecule has 1 aromatic rings. The zero-order valence-corrected chi connectivity index (χ0v) is 12.0. The van der Waals surface area contributed by atoms with E-state index in [2.05, 4.69) is 6.92 Å². The Bertz CT molecular complexity index is 405. The Kier molecular flexibility index (Phi) is 5.86. The zero-order valence-electron chi connectivity index (χ0n) is 10.4. The van der Waals surface area contributed by atoms with E-state index in [1.165, 1.54) is 0 Å². The van der Waals surface area contributed by atoms with Gasteiger partial charge >= 0.3 is 0 Å². The molecule has 1 aromatic carbocycles. The lowest BCUT2D eigenvalue weighted by molar-refractivity contribution is 0.101. The maximum atomic E-state index is 12.0. The molecular weight excluding hydrogens is 256 g/mol. The molecule has 0 aliphatic carbocycles. The Morgan fingerprint density at radius 3 is 2.76 bits per heavy atom. The number of thioether (sulfide) groups is 1. The van der Waals surface area contributed by atoms with Gasteiger partial charge in [-0.25, -0.2) is 0 Å². The number of hydrogen-bond acceptors (Lipinski definition) is 3. The maximum absolute atomic E-state index is 12.0. The van der Waals surface area contributed by atoms with Crippen LogP contribution in [-0.4, -0.2) is 24.4 Å². The fourth-order valence-corrected chi connectivity index (χ4v) is 2.37. The zero-order chi connectivity index (χ0) is 12.8. The van der Waals surface area contributed by atoms with Gasteiger partial charge in [0.2, 0.25) is 0 Å². The molecule has 17 heavy (non-hydrogen) atoms. The first kappa shape index (κ1) is 14.4. The Morgan fingerprint density at radius 2 is 2.18 bits per heavy atom. The fraction of sp³-hybridized carbons (Fsp3) is 0.462. The molecule has 0 spiro atoms. The largest absolute Gasteiger partial charge is 0.496 e. The van der Waals surface area contributed by atoms with Crippen LogP contribution in [0.5, 0.6) is 5.75 Å². The van der Waals surface area contributed by atoms with Crippen LogP contribution in [0.25, 0.3) is 0 Å². The number of ether oxygens (including phenoxy) is 1. The van der Waals surface area contributed by atoms with Crippen molar-refractivity contribution in [2.24, 2.45) is 0 Å². The minimum Gasteiger partial charge on any atom is -0.496 e. The summed E-state index contributed by atoms with van der Waals surface area (Å²) >= 11 is 7.67. The Morgan fingerprint density at radius 1 is 1.47 bits per heavy atom. The van der Waals surface area contributed by atoms with Crippen LogP contribution < -0.4 is 4.74 Å². The van der Waals surface area contributed by atoms with Gasteiger partial charge in [-0.1, -0.05) is 18.5 Å². The standard InChI is InChI=1S/C13H17ClO2S/c1-4-5-17-8-12(15)10-7-11(14)9(2)6-13(10)16-3/h6-7H,4-5,8H2,1-3H3. The summed E-state index contributed by atoms with van der Waals surface area (Å²) in [6.07, 6.45) is 1.07. The number of methoxy groups -OCH3 is 1. The van der Waals surface area contributed by atoms with Gasteiger partial charge in [-0.2, -0.15) is 11.8 Å². The van der Waals surface area contributed by atoms with E-state index in [4.69, 9.17) is 16.3 Å². The summed E-state index contributed by atoms with van der Waals surface area (Å²) in [6.45, 7) is 3.99. The molecule has 0 unspecified atom stereocenters. The van der Waals surface area contributed by atoms with E-state index in [9.17, 15) is 4.79 Å². The van der Waals surface area contributed by atoms with Crippen molar-refractivity contribution < 1.29 is 9.53 Å². The van der Waals surface area contributed by atoms with E-state index in [0.29, 0.717) is 22.1 Å².